The molecule has 1 aromatic heterocycles. The minimum atomic E-state index is -0.456. The van der Waals surface area contributed by atoms with Crippen molar-refractivity contribution in [1.29, 1.82) is 5.26 Å². The van der Waals surface area contributed by atoms with Crippen LogP contribution in [0.4, 0.5) is 0 Å². The summed E-state index contributed by atoms with van der Waals surface area (Å²) in [6.07, 6.45) is 1.33. The Morgan fingerprint density at radius 3 is 2.86 bits per heavy atom. The summed E-state index contributed by atoms with van der Waals surface area (Å²) in [7, 11) is 0. The van der Waals surface area contributed by atoms with Crippen LogP contribution in [-0.2, 0) is 4.79 Å². The molecule has 2 aliphatic rings. The number of nitriles is 1. The van der Waals surface area contributed by atoms with Crippen molar-refractivity contribution in [2.24, 2.45) is 11.3 Å². The first-order valence-electron chi connectivity index (χ1n) is 6.93. The Hall–Kier alpha value is -1.51. The maximum Gasteiger partial charge on any atom is 0.161 e. The van der Waals surface area contributed by atoms with Gasteiger partial charge in [0, 0.05) is 28.5 Å². The van der Waals surface area contributed by atoms with Gasteiger partial charge in [-0.25, -0.2) is 0 Å². The van der Waals surface area contributed by atoms with Crippen LogP contribution in [0.3, 0.4) is 0 Å². The zero-order valence-corrected chi connectivity index (χ0v) is 13.6. The molecule has 0 aromatic carbocycles. The predicted octanol–water partition coefficient (Wildman–Crippen LogP) is 3.55. The first-order chi connectivity index (χ1) is 9.93. The van der Waals surface area contributed by atoms with Gasteiger partial charge in [0.25, 0.3) is 0 Å². The molecule has 0 saturated heterocycles. The molecule has 0 saturated carbocycles. The van der Waals surface area contributed by atoms with Gasteiger partial charge in [0.1, 0.15) is 5.92 Å². The van der Waals surface area contributed by atoms with Gasteiger partial charge in [-0.1, -0.05) is 32.1 Å². The topological polar surface area (TPSA) is 52.9 Å². The number of allylic oxidation sites excluding steroid dienone is 2. The third-order valence-corrected chi connectivity index (χ3v) is 5.42. The second-order valence-electron chi connectivity index (χ2n) is 6.42. The minimum Gasteiger partial charge on any atom is -0.352 e. The van der Waals surface area contributed by atoms with Gasteiger partial charge in [-0.3, -0.25) is 4.79 Å². The van der Waals surface area contributed by atoms with Crippen LogP contribution in [0.5, 0.6) is 0 Å². The van der Waals surface area contributed by atoms with E-state index in [9.17, 15) is 10.1 Å². The van der Waals surface area contributed by atoms with E-state index < -0.39 is 5.92 Å². The highest BCUT2D eigenvalue weighted by Crippen LogP contribution is 2.46. The third-order valence-electron chi connectivity index (χ3n) is 4.11. The molecule has 3 rings (SSSR count). The number of carbonyl (C=O) groups excluding carboxylic acids is 1. The highest BCUT2D eigenvalue weighted by atomic mass is 32.1. The number of Topliss-reactive ketones (excluding diaryl/α,β-unsaturated/α-hetero) is 1. The van der Waals surface area contributed by atoms with Gasteiger partial charge in [0.05, 0.1) is 11.1 Å². The Labute approximate surface area is 133 Å². The zero-order valence-electron chi connectivity index (χ0n) is 12.0. The van der Waals surface area contributed by atoms with Gasteiger partial charge < -0.3 is 5.32 Å². The van der Waals surface area contributed by atoms with Crippen LogP contribution in [-0.4, -0.2) is 10.8 Å². The summed E-state index contributed by atoms with van der Waals surface area (Å²) in [4.78, 5) is 14.3. The van der Waals surface area contributed by atoms with E-state index >= 15 is 0 Å². The molecule has 2 heterocycles. The third kappa shape index (κ3) is 2.43. The number of rotatable bonds is 1. The van der Waals surface area contributed by atoms with Crippen molar-refractivity contribution >= 4 is 34.3 Å². The van der Waals surface area contributed by atoms with Gasteiger partial charge in [-0.15, -0.1) is 11.3 Å². The van der Waals surface area contributed by atoms with Crippen molar-refractivity contribution in [3.63, 3.8) is 0 Å². The average Bonchev–Trinajstić information content (AvgIpc) is 2.88. The summed E-state index contributed by atoms with van der Waals surface area (Å²) in [6.45, 7) is 4.19. The van der Waals surface area contributed by atoms with Crippen LogP contribution in [0.2, 0.25) is 0 Å². The predicted molar refractivity (Wildman–Crippen MR) is 86.9 cm³/mol. The molecule has 1 aliphatic heterocycles. The number of hydrogen-bond donors (Lipinski definition) is 1. The van der Waals surface area contributed by atoms with E-state index in [4.69, 9.17) is 12.2 Å². The average molecular weight is 316 g/mol. The van der Waals surface area contributed by atoms with Crippen LogP contribution in [0, 0.1) is 22.7 Å². The van der Waals surface area contributed by atoms with Crippen molar-refractivity contribution in [3.05, 3.63) is 33.7 Å². The van der Waals surface area contributed by atoms with Crippen LogP contribution in [0.25, 0.3) is 0 Å². The number of thiocarbonyl (C=S) groups is 1. The normalized spacial score (nSPS) is 27.9. The zero-order chi connectivity index (χ0) is 15.2. The Balaban J connectivity index is 2.16. The molecular weight excluding hydrogens is 300 g/mol. The number of hydrogen-bond acceptors (Lipinski definition) is 4. The number of carbonyl (C=O) groups is 1. The van der Waals surface area contributed by atoms with E-state index in [0.29, 0.717) is 11.4 Å². The molecule has 1 N–H and O–H groups in total. The molecule has 5 heteroatoms. The van der Waals surface area contributed by atoms with E-state index in [-0.39, 0.29) is 17.1 Å². The lowest BCUT2D eigenvalue weighted by Crippen LogP contribution is -2.44. The lowest BCUT2D eigenvalue weighted by atomic mass is 9.69. The quantitative estimate of drug-likeness (QED) is 0.805. The molecule has 3 nitrogen and oxygen atoms in total. The minimum absolute atomic E-state index is 0.0575. The number of nitrogens with one attached hydrogen (secondary N) is 1. The van der Waals surface area contributed by atoms with Crippen molar-refractivity contribution in [1.82, 2.24) is 5.32 Å². The van der Waals surface area contributed by atoms with Crippen LogP contribution < -0.4 is 5.32 Å². The first kappa shape index (κ1) is 14.4. The fourth-order valence-electron chi connectivity index (χ4n) is 3.26. The Kier molecular flexibility index (Phi) is 3.46. The maximum absolute atomic E-state index is 12.7. The lowest BCUT2D eigenvalue weighted by molar-refractivity contribution is -0.118. The van der Waals surface area contributed by atoms with Crippen molar-refractivity contribution < 1.29 is 4.79 Å². The number of thiophene rings is 1. The highest BCUT2D eigenvalue weighted by molar-refractivity contribution is 7.80. The maximum atomic E-state index is 12.7. The van der Waals surface area contributed by atoms with Crippen LogP contribution >= 0.6 is 23.6 Å². The first-order valence-corrected chi connectivity index (χ1v) is 8.22. The van der Waals surface area contributed by atoms with Gasteiger partial charge in [-0.2, -0.15) is 5.26 Å². The summed E-state index contributed by atoms with van der Waals surface area (Å²) in [5.41, 5.74) is 1.64. The van der Waals surface area contributed by atoms with E-state index in [1.54, 1.807) is 11.3 Å². The van der Waals surface area contributed by atoms with E-state index in [1.165, 1.54) is 0 Å². The van der Waals surface area contributed by atoms with Crippen molar-refractivity contribution in [3.8, 4) is 6.07 Å². The van der Waals surface area contributed by atoms with Crippen molar-refractivity contribution in [2.45, 2.75) is 32.6 Å². The lowest BCUT2D eigenvalue weighted by Gasteiger charge is -2.40. The van der Waals surface area contributed by atoms with Crippen molar-refractivity contribution in [2.75, 3.05) is 0 Å². The number of nitrogens with zero attached hydrogens (tertiary/aromatic N) is 1. The van der Waals surface area contributed by atoms with Crippen LogP contribution in [0.1, 0.15) is 37.5 Å². The molecule has 108 valence electrons. The molecule has 1 aromatic rings. The SMILES string of the molecule is CC1(C)CC(=O)C2=C(C1)NC(=S)C(C#N)C2c1cccs1. The molecule has 0 radical (unpaired) electrons. The monoisotopic (exact) mass is 316 g/mol. The molecule has 2 unspecified atom stereocenters. The summed E-state index contributed by atoms with van der Waals surface area (Å²) >= 11 is 6.97. The fraction of sp³-hybridized carbons (Fsp3) is 0.438. The van der Waals surface area contributed by atoms with Crippen LogP contribution in [0.15, 0.2) is 28.8 Å². The Morgan fingerprint density at radius 2 is 2.24 bits per heavy atom. The molecular formula is C16H16N2OS2. The molecule has 0 spiro atoms. The van der Waals surface area contributed by atoms with Gasteiger partial charge in [0.2, 0.25) is 0 Å². The van der Waals surface area contributed by atoms with Gasteiger partial charge in [0.15, 0.2) is 5.78 Å². The molecule has 0 amide bonds. The van der Waals surface area contributed by atoms with E-state index in [2.05, 4.69) is 25.2 Å². The fourth-order valence-corrected chi connectivity index (χ4v) is 4.44. The molecule has 1 aliphatic carbocycles. The molecule has 21 heavy (non-hydrogen) atoms. The van der Waals surface area contributed by atoms with Gasteiger partial charge >= 0.3 is 0 Å². The standard InChI is InChI=1S/C16H16N2OS2/c1-16(2)6-10-14(11(19)7-16)13(12-4-3-5-21-12)9(8-17)15(20)18-10/h3-5,9,13H,6-7H2,1-2H3,(H,18,20). The summed E-state index contributed by atoms with van der Waals surface area (Å²) < 4.78 is 0. The molecule has 0 fully saturated rings. The Bertz CT molecular complexity index is 680. The second kappa shape index (κ2) is 5.04. The highest BCUT2D eigenvalue weighted by Gasteiger charge is 2.44. The van der Waals surface area contributed by atoms with E-state index in [1.807, 2.05) is 17.5 Å². The smallest absolute Gasteiger partial charge is 0.161 e. The number of ketones is 1. The Morgan fingerprint density at radius 1 is 1.48 bits per heavy atom. The summed E-state index contributed by atoms with van der Waals surface area (Å²) in [6, 6.07) is 6.23. The molecule has 0 bridgehead atoms. The molecule has 2 atom stereocenters. The largest absolute Gasteiger partial charge is 0.352 e. The summed E-state index contributed by atoms with van der Waals surface area (Å²) in [5, 5.41) is 14.7. The summed E-state index contributed by atoms with van der Waals surface area (Å²) in [5.74, 6) is -0.514. The van der Waals surface area contributed by atoms with Gasteiger partial charge in [-0.05, 0) is 23.3 Å². The van der Waals surface area contributed by atoms with E-state index in [0.717, 1.165) is 22.6 Å². The second-order valence-corrected chi connectivity index (χ2v) is 7.84.